The largest absolute Gasteiger partial charge is 0.352 e. The topological polar surface area (TPSA) is 45.2 Å². The quantitative estimate of drug-likeness (QED) is 0.921. The number of amides is 1. The predicted octanol–water partition coefficient (Wildman–Crippen LogP) is 2.84. The molecule has 1 N–H and O–H groups in total. The first-order chi connectivity index (χ1) is 10.2. The molecule has 0 aromatic carbocycles. The second-order valence-electron chi connectivity index (χ2n) is 5.34. The fraction of sp³-hybridized carbons (Fsp3) is 0.467. The molecule has 1 aliphatic rings. The van der Waals surface area contributed by atoms with Gasteiger partial charge in [0.05, 0.1) is 0 Å². The Morgan fingerprint density at radius 1 is 1.48 bits per heavy atom. The first-order valence-electron chi connectivity index (χ1n) is 7.19. The molecule has 0 saturated carbocycles. The van der Waals surface area contributed by atoms with E-state index in [9.17, 15) is 4.79 Å². The lowest BCUT2D eigenvalue weighted by Gasteiger charge is -2.15. The molecule has 0 aliphatic carbocycles. The van der Waals surface area contributed by atoms with Crippen molar-refractivity contribution >= 4 is 33.7 Å². The average molecular weight is 321 g/mol. The maximum atomic E-state index is 12.1. The van der Waals surface area contributed by atoms with Crippen molar-refractivity contribution in [3.05, 3.63) is 33.5 Å². The van der Waals surface area contributed by atoms with E-state index in [1.54, 1.807) is 22.7 Å². The first kappa shape index (κ1) is 14.5. The Hall–Kier alpha value is -1.40. The SMILES string of the molecule is Cc1ccsc1CCC(=O)NC1CCN(c2nccs2)C1. The number of hydrogen-bond donors (Lipinski definition) is 1. The summed E-state index contributed by atoms with van der Waals surface area (Å²) >= 11 is 3.39. The Labute approximate surface area is 132 Å². The van der Waals surface area contributed by atoms with Crippen LogP contribution in [0.1, 0.15) is 23.3 Å². The molecular formula is C15H19N3OS2. The number of aromatic nitrogens is 1. The molecule has 4 nitrogen and oxygen atoms in total. The number of thiophene rings is 1. The standard InChI is InChI=1S/C15H19N3OS2/c1-11-5-8-20-13(11)2-3-14(19)17-12-4-7-18(10-12)15-16-6-9-21-15/h5-6,8-9,12H,2-4,7,10H2,1H3,(H,17,19). The van der Waals surface area contributed by atoms with E-state index in [0.29, 0.717) is 6.42 Å². The second-order valence-corrected chi connectivity index (χ2v) is 7.21. The number of thiazole rings is 1. The molecule has 0 radical (unpaired) electrons. The van der Waals surface area contributed by atoms with Crippen LogP contribution in [0.15, 0.2) is 23.0 Å². The smallest absolute Gasteiger partial charge is 0.220 e. The molecule has 6 heteroatoms. The number of aryl methyl sites for hydroxylation is 2. The van der Waals surface area contributed by atoms with Crippen molar-refractivity contribution in [1.29, 1.82) is 0 Å². The van der Waals surface area contributed by atoms with Crippen molar-refractivity contribution in [3.8, 4) is 0 Å². The zero-order valence-corrected chi connectivity index (χ0v) is 13.7. The highest BCUT2D eigenvalue weighted by atomic mass is 32.1. The van der Waals surface area contributed by atoms with Gasteiger partial charge in [0.15, 0.2) is 5.13 Å². The van der Waals surface area contributed by atoms with Gasteiger partial charge in [-0.25, -0.2) is 4.98 Å². The molecule has 1 saturated heterocycles. The molecule has 112 valence electrons. The van der Waals surface area contributed by atoms with E-state index >= 15 is 0 Å². The minimum absolute atomic E-state index is 0.161. The lowest BCUT2D eigenvalue weighted by atomic mass is 10.2. The van der Waals surface area contributed by atoms with Crippen LogP contribution >= 0.6 is 22.7 Å². The Bertz CT molecular complexity index is 594. The van der Waals surface area contributed by atoms with Crippen molar-refractivity contribution in [2.75, 3.05) is 18.0 Å². The molecule has 1 unspecified atom stereocenters. The summed E-state index contributed by atoms with van der Waals surface area (Å²) in [5, 5.41) is 8.29. The summed E-state index contributed by atoms with van der Waals surface area (Å²) in [6.45, 7) is 3.95. The summed E-state index contributed by atoms with van der Waals surface area (Å²) in [6.07, 6.45) is 4.26. The Balaban J connectivity index is 1.44. The third kappa shape index (κ3) is 3.63. The molecule has 0 bridgehead atoms. The van der Waals surface area contributed by atoms with Crippen LogP contribution in [-0.2, 0) is 11.2 Å². The van der Waals surface area contributed by atoms with Crippen LogP contribution in [0.3, 0.4) is 0 Å². The first-order valence-corrected chi connectivity index (χ1v) is 8.95. The summed E-state index contributed by atoms with van der Waals surface area (Å²) in [4.78, 5) is 20.0. The van der Waals surface area contributed by atoms with E-state index in [1.807, 2.05) is 11.6 Å². The van der Waals surface area contributed by atoms with Gasteiger partial charge in [-0.15, -0.1) is 22.7 Å². The van der Waals surface area contributed by atoms with Crippen LogP contribution in [0.2, 0.25) is 0 Å². The number of hydrogen-bond acceptors (Lipinski definition) is 5. The summed E-state index contributed by atoms with van der Waals surface area (Å²) in [6, 6.07) is 2.37. The van der Waals surface area contributed by atoms with Crippen molar-refractivity contribution in [2.45, 2.75) is 32.2 Å². The van der Waals surface area contributed by atoms with Crippen molar-refractivity contribution in [3.63, 3.8) is 0 Å². The highest BCUT2D eigenvalue weighted by Crippen LogP contribution is 2.22. The van der Waals surface area contributed by atoms with E-state index in [2.05, 4.69) is 33.6 Å². The normalized spacial score (nSPS) is 18.1. The predicted molar refractivity (Wildman–Crippen MR) is 88.3 cm³/mol. The van der Waals surface area contributed by atoms with Gasteiger partial charge in [0.1, 0.15) is 0 Å². The third-order valence-electron chi connectivity index (χ3n) is 3.79. The number of nitrogens with zero attached hydrogens (tertiary/aromatic N) is 2. The summed E-state index contributed by atoms with van der Waals surface area (Å²) < 4.78 is 0. The van der Waals surface area contributed by atoms with Crippen molar-refractivity contribution in [2.24, 2.45) is 0 Å². The number of nitrogens with one attached hydrogen (secondary N) is 1. The highest BCUT2D eigenvalue weighted by molar-refractivity contribution is 7.13. The van der Waals surface area contributed by atoms with Gasteiger partial charge in [-0.1, -0.05) is 0 Å². The van der Waals surface area contributed by atoms with Gasteiger partial charge in [0, 0.05) is 42.0 Å². The molecule has 2 aromatic heterocycles. The van der Waals surface area contributed by atoms with Crippen molar-refractivity contribution < 1.29 is 4.79 Å². The molecule has 1 amide bonds. The molecule has 1 atom stereocenters. The minimum Gasteiger partial charge on any atom is -0.352 e. The summed E-state index contributed by atoms with van der Waals surface area (Å²) in [7, 11) is 0. The fourth-order valence-electron chi connectivity index (χ4n) is 2.61. The van der Waals surface area contributed by atoms with Crippen LogP contribution in [0.4, 0.5) is 5.13 Å². The lowest BCUT2D eigenvalue weighted by molar-refractivity contribution is -0.121. The maximum Gasteiger partial charge on any atom is 0.220 e. The maximum absolute atomic E-state index is 12.1. The van der Waals surface area contributed by atoms with Crippen LogP contribution in [-0.4, -0.2) is 30.0 Å². The zero-order valence-electron chi connectivity index (χ0n) is 12.0. The number of anilines is 1. The highest BCUT2D eigenvalue weighted by Gasteiger charge is 2.25. The van der Waals surface area contributed by atoms with Gasteiger partial charge in [0.2, 0.25) is 5.91 Å². The number of carbonyl (C=O) groups excluding carboxylic acids is 1. The van der Waals surface area contributed by atoms with Crippen LogP contribution in [0.5, 0.6) is 0 Å². The fourth-order valence-corrected chi connectivity index (χ4v) is 4.20. The van der Waals surface area contributed by atoms with E-state index in [0.717, 1.165) is 31.1 Å². The molecular weight excluding hydrogens is 302 g/mol. The zero-order chi connectivity index (χ0) is 14.7. The summed E-state index contributed by atoms with van der Waals surface area (Å²) in [5.74, 6) is 0.161. The monoisotopic (exact) mass is 321 g/mol. The Kier molecular flexibility index (Phi) is 4.55. The molecule has 3 heterocycles. The van der Waals surface area contributed by atoms with Gasteiger partial charge in [-0.05, 0) is 36.8 Å². The van der Waals surface area contributed by atoms with Gasteiger partial charge in [-0.2, -0.15) is 0 Å². The van der Waals surface area contributed by atoms with Gasteiger partial charge in [0.25, 0.3) is 0 Å². The molecule has 21 heavy (non-hydrogen) atoms. The molecule has 0 spiro atoms. The molecule has 2 aromatic rings. The van der Waals surface area contributed by atoms with E-state index in [1.165, 1.54) is 10.4 Å². The number of rotatable bonds is 5. The van der Waals surface area contributed by atoms with Crippen molar-refractivity contribution in [1.82, 2.24) is 10.3 Å². The van der Waals surface area contributed by atoms with Crippen LogP contribution in [0.25, 0.3) is 0 Å². The van der Waals surface area contributed by atoms with Gasteiger partial charge >= 0.3 is 0 Å². The van der Waals surface area contributed by atoms with Gasteiger partial charge < -0.3 is 10.2 Å². The lowest BCUT2D eigenvalue weighted by Crippen LogP contribution is -2.37. The van der Waals surface area contributed by atoms with E-state index < -0.39 is 0 Å². The van der Waals surface area contributed by atoms with E-state index in [4.69, 9.17) is 0 Å². The molecule has 1 fully saturated rings. The van der Waals surface area contributed by atoms with E-state index in [-0.39, 0.29) is 11.9 Å². The van der Waals surface area contributed by atoms with Crippen LogP contribution in [0, 0.1) is 6.92 Å². The second kappa shape index (κ2) is 6.58. The minimum atomic E-state index is 0.161. The Morgan fingerprint density at radius 3 is 3.10 bits per heavy atom. The third-order valence-corrected chi connectivity index (χ3v) is 5.71. The number of carbonyl (C=O) groups is 1. The Morgan fingerprint density at radius 2 is 2.38 bits per heavy atom. The van der Waals surface area contributed by atoms with Crippen LogP contribution < -0.4 is 10.2 Å². The molecule has 3 rings (SSSR count). The summed E-state index contributed by atoms with van der Waals surface area (Å²) in [5.41, 5.74) is 1.30. The van der Waals surface area contributed by atoms with Gasteiger partial charge in [-0.3, -0.25) is 4.79 Å². The average Bonchev–Trinajstić information content (AvgIpc) is 3.17. The molecule has 1 aliphatic heterocycles.